The van der Waals surface area contributed by atoms with Gasteiger partial charge in [-0.05, 0) is 24.6 Å². The molecule has 2 N–H and O–H groups in total. The van der Waals surface area contributed by atoms with E-state index >= 15 is 0 Å². The molecule has 0 unspecified atom stereocenters. The number of aliphatic imine (C=N–C) groups is 1. The van der Waals surface area contributed by atoms with Gasteiger partial charge < -0.3 is 15.0 Å². The Labute approximate surface area is 172 Å². The van der Waals surface area contributed by atoms with Gasteiger partial charge in [-0.1, -0.05) is 12.1 Å². The fraction of sp³-hybridized carbons (Fsp3) is 0.500. The first kappa shape index (κ1) is 22.8. The lowest BCUT2D eigenvalue weighted by atomic mass is 10.2. The van der Waals surface area contributed by atoms with Crippen LogP contribution in [0, 0.1) is 0 Å². The first-order valence-corrected chi connectivity index (χ1v) is 10.8. The number of hydrogen-bond acceptors (Lipinski definition) is 6. The predicted molar refractivity (Wildman–Crippen MR) is 111 cm³/mol. The van der Waals surface area contributed by atoms with Crippen LogP contribution in [-0.4, -0.2) is 67.9 Å². The normalized spacial score (nSPS) is 12.2. The van der Waals surface area contributed by atoms with Crippen molar-refractivity contribution in [3.8, 4) is 0 Å². The minimum Gasteiger partial charge on any atom is -0.383 e. The molecule has 0 spiro atoms. The Bertz CT molecular complexity index is 912. The molecule has 0 saturated heterocycles. The van der Waals surface area contributed by atoms with E-state index in [9.17, 15) is 8.42 Å². The number of nitrogens with zero attached hydrogens (tertiary/aromatic N) is 5. The molecule has 160 valence electrons. The summed E-state index contributed by atoms with van der Waals surface area (Å²) in [5, 5.41) is 7.31. The molecule has 0 radical (unpaired) electrons. The molecule has 0 aliphatic heterocycles. The Morgan fingerprint density at radius 2 is 2.17 bits per heavy atom. The van der Waals surface area contributed by atoms with Crippen molar-refractivity contribution in [1.82, 2.24) is 29.7 Å². The average Bonchev–Trinajstić information content (AvgIpc) is 3.10. The molecule has 0 amide bonds. The largest absolute Gasteiger partial charge is 0.383 e. The molecule has 1 aromatic heterocycles. The Morgan fingerprint density at radius 1 is 1.38 bits per heavy atom. The van der Waals surface area contributed by atoms with Crippen LogP contribution in [0.5, 0.6) is 0 Å². The number of aromatic nitrogens is 3. The van der Waals surface area contributed by atoms with E-state index in [-0.39, 0.29) is 11.4 Å². The number of guanidine groups is 1. The summed E-state index contributed by atoms with van der Waals surface area (Å²) in [5.74, 6) is 1.51. The van der Waals surface area contributed by atoms with Crippen LogP contribution in [0.25, 0.3) is 0 Å². The number of methoxy groups -OCH3 is 1. The number of sulfonamides is 1. The summed E-state index contributed by atoms with van der Waals surface area (Å²) in [4.78, 5) is 11.0. The van der Waals surface area contributed by atoms with Gasteiger partial charge in [0, 0.05) is 34.3 Å². The van der Waals surface area contributed by atoms with Gasteiger partial charge in [0.05, 0.1) is 24.6 Å². The average molecular weight is 424 g/mol. The smallest absolute Gasteiger partial charge is 0.240 e. The molecule has 0 bridgehead atoms. The summed E-state index contributed by atoms with van der Waals surface area (Å²) in [6, 6.07) is 6.76. The van der Waals surface area contributed by atoms with Crippen molar-refractivity contribution in [2.24, 2.45) is 12.0 Å². The highest BCUT2D eigenvalue weighted by Gasteiger charge is 2.14. The lowest BCUT2D eigenvalue weighted by Gasteiger charge is -2.21. The summed E-state index contributed by atoms with van der Waals surface area (Å²) < 4.78 is 33.9. The van der Waals surface area contributed by atoms with Crippen molar-refractivity contribution in [2.45, 2.75) is 24.9 Å². The number of aryl methyl sites for hydroxylation is 1. The van der Waals surface area contributed by atoms with Crippen molar-refractivity contribution in [2.75, 3.05) is 33.9 Å². The quantitative estimate of drug-likeness (QED) is 0.322. The van der Waals surface area contributed by atoms with E-state index in [1.165, 1.54) is 13.4 Å². The molecule has 0 aliphatic rings. The molecule has 10 nitrogen and oxygen atoms in total. The van der Waals surface area contributed by atoms with Crippen molar-refractivity contribution < 1.29 is 13.2 Å². The molecule has 0 saturated carbocycles. The van der Waals surface area contributed by atoms with E-state index < -0.39 is 10.0 Å². The van der Waals surface area contributed by atoms with Crippen LogP contribution < -0.4 is 10.0 Å². The second-order valence-electron chi connectivity index (χ2n) is 6.36. The van der Waals surface area contributed by atoms with Gasteiger partial charge in [-0.3, -0.25) is 4.68 Å². The van der Waals surface area contributed by atoms with Crippen molar-refractivity contribution >= 4 is 16.0 Å². The van der Waals surface area contributed by atoms with Crippen LogP contribution >= 0.6 is 0 Å². The maximum absolute atomic E-state index is 12.4. The van der Waals surface area contributed by atoms with E-state index in [1.54, 1.807) is 22.9 Å². The molecular weight excluding hydrogens is 394 g/mol. The topological polar surface area (TPSA) is 114 Å². The monoisotopic (exact) mass is 423 g/mol. The zero-order valence-corrected chi connectivity index (χ0v) is 18.1. The Balaban J connectivity index is 2.11. The maximum atomic E-state index is 12.4. The fourth-order valence-corrected chi connectivity index (χ4v) is 3.64. The van der Waals surface area contributed by atoms with Crippen LogP contribution in [0.1, 0.15) is 18.3 Å². The summed E-state index contributed by atoms with van der Waals surface area (Å²) in [5.41, 5.74) is 0.794. The molecule has 2 rings (SSSR count). The van der Waals surface area contributed by atoms with Crippen molar-refractivity contribution in [3.05, 3.63) is 42.0 Å². The van der Waals surface area contributed by atoms with Gasteiger partial charge in [0.25, 0.3) is 0 Å². The second kappa shape index (κ2) is 10.9. The number of benzene rings is 1. The van der Waals surface area contributed by atoms with Crippen LogP contribution in [0.2, 0.25) is 0 Å². The first-order chi connectivity index (χ1) is 13.9. The SMILES string of the molecule is CCNC(=NCc1cccc(S(=O)(=O)NCCOC)c1)N(C)Cc1ncnn1C. The highest BCUT2D eigenvalue weighted by molar-refractivity contribution is 7.89. The standard InChI is InChI=1S/C18H29N7O3S/c1-5-19-18(24(2)13-17-21-14-22-25(17)3)20-12-15-7-6-8-16(11-15)29(26,27)23-9-10-28-4/h6-8,11,14,23H,5,9-10,12-13H2,1-4H3,(H,19,20). The highest BCUT2D eigenvalue weighted by Crippen LogP contribution is 2.12. The predicted octanol–water partition coefficient (Wildman–Crippen LogP) is 0.337. The van der Waals surface area contributed by atoms with Gasteiger partial charge in [-0.15, -0.1) is 0 Å². The van der Waals surface area contributed by atoms with Gasteiger partial charge in [0.1, 0.15) is 12.2 Å². The Morgan fingerprint density at radius 3 is 2.83 bits per heavy atom. The molecule has 1 heterocycles. The first-order valence-electron chi connectivity index (χ1n) is 9.27. The summed E-state index contributed by atoms with van der Waals surface area (Å²) >= 11 is 0. The Kier molecular flexibility index (Phi) is 8.55. The summed E-state index contributed by atoms with van der Waals surface area (Å²) in [6.07, 6.45) is 1.51. The van der Waals surface area contributed by atoms with E-state index in [0.717, 1.165) is 11.4 Å². The number of nitrogens with one attached hydrogen (secondary N) is 2. The van der Waals surface area contributed by atoms with E-state index in [4.69, 9.17) is 4.74 Å². The minimum absolute atomic E-state index is 0.207. The van der Waals surface area contributed by atoms with Crippen molar-refractivity contribution in [3.63, 3.8) is 0 Å². The van der Waals surface area contributed by atoms with E-state index in [2.05, 4.69) is 25.1 Å². The third-order valence-electron chi connectivity index (χ3n) is 4.10. The third-order valence-corrected chi connectivity index (χ3v) is 5.56. The number of hydrogen-bond donors (Lipinski definition) is 2. The lowest BCUT2D eigenvalue weighted by Crippen LogP contribution is -2.39. The van der Waals surface area contributed by atoms with Gasteiger partial charge >= 0.3 is 0 Å². The molecule has 11 heteroatoms. The molecule has 2 aromatic rings. The van der Waals surface area contributed by atoms with Gasteiger partial charge in [-0.2, -0.15) is 5.10 Å². The third kappa shape index (κ3) is 6.80. The molecule has 0 atom stereocenters. The summed E-state index contributed by atoms with van der Waals surface area (Å²) in [7, 11) is 1.70. The molecule has 1 aromatic carbocycles. The fourth-order valence-electron chi connectivity index (χ4n) is 2.56. The number of ether oxygens (including phenoxy) is 1. The minimum atomic E-state index is -3.58. The maximum Gasteiger partial charge on any atom is 0.240 e. The lowest BCUT2D eigenvalue weighted by molar-refractivity contribution is 0.204. The second-order valence-corrected chi connectivity index (χ2v) is 8.13. The zero-order chi connectivity index (χ0) is 21.3. The van der Waals surface area contributed by atoms with E-state index in [1.807, 2.05) is 32.0 Å². The zero-order valence-electron chi connectivity index (χ0n) is 17.3. The number of rotatable bonds is 10. The van der Waals surface area contributed by atoms with Gasteiger partial charge in [-0.25, -0.2) is 23.1 Å². The van der Waals surface area contributed by atoms with Crippen LogP contribution in [-0.2, 0) is 34.9 Å². The van der Waals surface area contributed by atoms with Crippen LogP contribution in [0.15, 0.2) is 40.5 Å². The molecule has 0 aliphatic carbocycles. The molecule has 0 fully saturated rings. The highest BCUT2D eigenvalue weighted by atomic mass is 32.2. The molecular formula is C18H29N7O3S. The van der Waals surface area contributed by atoms with E-state index in [0.29, 0.717) is 32.2 Å². The summed E-state index contributed by atoms with van der Waals surface area (Å²) in [6.45, 7) is 4.11. The van der Waals surface area contributed by atoms with Gasteiger partial charge in [0.2, 0.25) is 10.0 Å². The van der Waals surface area contributed by atoms with Gasteiger partial charge in [0.15, 0.2) is 5.96 Å². The van der Waals surface area contributed by atoms with Crippen molar-refractivity contribution in [1.29, 1.82) is 0 Å². The van der Waals surface area contributed by atoms with Crippen LogP contribution in [0.3, 0.4) is 0 Å². The molecule has 29 heavy (non-hydrogen) atoms. The van der Waals surface area contributed by atoms with Crippen LogP contribution in [0.4, 0.5) is 0 Å². The Hall–Kier alpha value is -2.50.